The maximum atomic E-state index is 13.2. The molecule has 0 unspecified atom stereocenters. The maximum Gasteiger partial charge on any atom is 0.266 e. The zero-order valence-electron chi connectivity index (χ0n) is 14.6. The largest absolute Gasteiger partial charge is 0.459 e. The zero-order valence-corrected chi connectivity index (χ0v) is 15.4. The van der Waals surface area contributed by atoms with Gasteiger partial charge in [-0.2, -0.15) is 4.98 Å². The summed E-state index contributed by atoms with van der Waals surface area (Å²) in [6.07, 6.45) is 5.56. The zero-order chi connectivity index (χ0) is 18.9. The lowest BCUT2D eigenvalue weighted by molar-refractivity contribution is 0.507. The Morgan fingerprint density at radius 3 is 2.33 bits per heavy atom. The number of rotatable bonds is 4. The molecule has 142 valence electrons. The highest BCUT2D eigenvalue weighted by molar-refractivity contribution is 7.91. The van der Waals surface area contributed by atoms with E-state index in [1.54, 1.807) is 12.1 Å². The third kappa shape index (κ3) is 3.49. The van der Waals surface area contributed by atoms with Crippen LogP contribution in [0.15, 0.2) is 61.4 Å². The Labute approximate surface area is 156 Å². The number of hydrogen-bond acceptors (Lipinski definition) is 6. The molecule has 0 spiro atoms. The molecule has 6 nitrogen and oxygen atoms in total. The van der Waals surface area contributed by atoms with E-state index < -0.39 is 15.7 Å². The van der Waals surface area contributed by atoms with Crippen molar-refractivity contribution in [3.05, 3.63) is 48.5 Å². The number of halogens is 1. The summed E-state index contributed by atoms with van der Waals surface area (Å²) in [6.45, 7) is 1.39. The van der Waals surface area contributed by atoms with Crippen molar-refractivity contribution in [3.8, 4) is 11.7 Å². The van der Waals surface area contributed by atoms with E-state index in [1.165, 1.54) is 18.4 Å². The highest BCUT2D eigenvalue weighted by Crippen LogP contribution is 2.35. The van der Waals surface area contributed by atoms with E-state index in [0.29, 0.717) is 18.8 Å². The number of aromatic nitrogens is 1. The SMILES string of the molecule is O=S(=O)(c1ccc(F)cc1)c1nc(-c2ccco2)oc1N1CCCCCC1. The predicted octanol–water partition coefficient (Wildman–Crippen LogP) is 4.29. The molecule has 3 aromatic rings. The van der Waals surface area contributed by atoms with Gasteiger partial charge in [0.15, 0.2) is 5.76 Å². The Morgan fingerprint density at radius 1 is 1.00 bits per heavy atom. The number of oxazole rings is 1. The van der Waals surface area contributed by atoms with Crippen molar-refractivity contribution in [1.29, 1.82) is 0 Å². The van der Waals surface area contributed by atoms with Crippen molar-refractivity contribution in [3.63, 3.8) is 0 Å². The van der Waals surface area contributed by atoms with E-state index >= 15 is 0 Å². The first-order valence-electron chi connectivity index (χ1n) is 8.86. The molecule has 0 bridgehead atoms. The van der Waals surface area contributed by atoms with Gasteiger partial charge in [-0.3, -0.25) is 0 Å². The van der Waals surface area contributed by atoms with Gasteiger partial charge >= 0.3 is 0 Å². The Morgan fingerprint density at radius 2 is 1.70 bits per heavy atom. The van der Waals surface area contributed by atoms with Gasteiger partial charge in [0, 0.05) is 13.1 Å². The summed E-state index contributed by atoms with van der Waals surface area (Å²) in [5.74, 6) is 0.178. The smallest absolute Gasteiger partial charge is 0.266 e. The van der Waals surface area contributed by atoms with Crippen LogP contribution in [0.2, 0.25) is 0 Å². The van der Waals surface area contributed by atoms with Crippen molar-refractivity contribution in [2.45, 2.75) is 35.6 Å². The van der Waals surface area contributed by atoms with Gasteiger partial charge in [0.25, 0.3) is 5.89 Å². The number of anilines is 1. The van der Waals surface area contributed by atoms with E-state index in [-0.39, 0.29) is 21.7 Å². The van der Waals surface area contributed by atoms with E-state index in [0.717, 1.165) is 37.8 Å². The first-order valence-corrected chi connectivity index (χ1v) is 10.3. The predicted molar refractivity (Wildman–Crippen MR) is 96.7 cm³/mol. The van der Waals surface area contributed by atoms with Crippen LogP contribution in [-0.4, -0.2) is 26.5 Å². The van der Waals surface area contributed by atoms with Crippen molar-refractivity contribution >= 4 is 15.7 Å². The molecule has 0 N–H and O–H groups in total. The molecule has 2 aromatic heterocycles. The molecule has 0 saturated carbocycles. The first kappa shape index (κ1) is 17.8. The average molecular weight is 390 g/mol. The van der Waals surface area contributed by atoms with Crippen LogP contribution in [0.5, 0.6) is 0 Å². The van der Waals surface area contributed by atoms with Gasteiger partial charge in [-0.25, -0.2) is 12.8 Å². The van der Waals surface area contributed by atoms with Crippen LogP contribution in [0.3, 0.4) is 0 Å². The van der Waals surface area contributed by atoms with Gasteiger partial charge in [0.05, 0.1) is 11.2 Å². The summed E-state index contributed by atoms with van der Waals surface area (Å²) in [4.78, 5) is 6.14. The summed E-state index contributed by atoms with van der Waals surface area (Å²) >= 11 is 0. The highest BCUT2D eigenvalue weighted by Gasteiger charge is 2.32. The molecule has 1 saturated heterocycles. The maximum absolute atomic E-state index is 13.2. The van der Waals surface area contributed by atoms with Gasteiger partial charge in [-0.1, -0.05) is 12.8 Å². The minimum Gasteiger partial charge on any atom is -0.459 e. The normalized spacial score (nSPS) is 15.7. The summed E-state index contributed by atoms with van der Waals surface area (Å²) in [5.41, 5.74) is 0. The van der Waals surface area contributed by atoms with Crippen molar-refractivity contribution in [1.82, 2.24) is 4.98 Å². The van der Waals surface area contributed by atoms with Crippen LogP contribution < -0.4 is 4.90 Å². The third-order valence-corrected chi connectivity index (χ3v) is 6.25. The number of furan rings is 1. The third-order valence-electron chi connectivity index (χ3n) is 4.58. The Kier molecular flexibility index (Phi) is 4.73. The molecule has 1 aliphatic rings. The lowest BCUT2D eigenvalue weighted by Crippen LogP contribution is -2.25. The Bertz CT molecular complexity index is 1000. The molecule has 27 heavy (non-hydrogen) atoms. The molecule has 3 heterocycles. The molecule has 4 rings (SSSR count). The van der Waals surface area contributed by atoms with Crippen LogP contribution in [0, 0.1) is 5.82 Å². The lowest BCUT2D eigenvalue weighted by atomic mass is 10.2. The summed E-state index contributed by atoms with van der Waals surface area (Å²) in [6, 6.07) is 8.04. The standard InChI is InChI=1S/C19H19FN2O4S/c20-14-7-9-15(10-8-14)27(23,24)18-19(22-11-3-1-2-4-12-22)26-17(21-18)16-6-5-13-25-16/h5-10,13H,1-4,11-12H2. The fourth-order valence-electron chi connectivity index (χ4n) is 3.18. The van der Waals surface area contributed by atoms with E-state index in [2.05, 4.69) is 4.98 Å². The van der Waals surface area contributed by atoms with Gasteiger partial charge in [-0.05, 0) is 49.2 Å². The summed E-state index contributed by atoms with van der Waals surface area (Å²) in [7, 11) is -3.97. The van der Waals surface area contributed by atoms with E-state index in [9.17, 15) is 12.8 Å². The topological polar surface area (TPSA) is 76.5 Å². The van der Waals surface area contributed by atoms with Crippen molar-refractivity contribution in [2.75, 3.05) is 18.0 Å². The average Bonchev–Trinajstić information content (AvgIpc) is 3.27. The van der Waals surface area contributed by atoms with Gasteiger partial charge in [0.1, 0.15) is 5.82 Å². The number of sulfone groups is 1. The molecule has 0 radical (unpaired) electrons. The molecular formula is C19H19FN2O4S. The van der Waals surface area contributed by atoms with Crippen LogP contribution in [0.1, 0.15) is 25.7 Å². The number of benzene rings is 1. The van der Waals surface area contributed by atoms with E-state index in [4.69, 9.17) is 8.83 Å². The molecule has 0 aliphatic carbocycles. The molecule has 1 aromatic carbocycles. The highest BCUT2D eigenvalue weighted by atomic mass is 32.2. The monoisotopic (exact) mass is 390 g/mol. The molecule has 0 atom stereocenters. The second-order valence-electron chi connectivity index (χ2n) is 6.47. The Hall–Kier alpha value is -2.61. The van der Waals surface area contributed by atoms with E-state index in [1.807, 2.05) is 4.90 Å². The number of nitrogens with zero attached hydrogens (tertiary/aromatic N) is 2. The summed E-state index contributed by atoms with van der Waals surface area (Å²) in [5, 5.41) is -0.164. The Balaban J connectivity index is 1.83. The van der Waals surface area contributed by atoms with Gasteiger partial charge in [0.2, 0.25) is 20.7 Å². The fourth-order valence-corrected chi connectivity index (χ4v) is 4.50. The second kappa shape index (κ2) is 7.19. The summed E-state index contributed by atoms with van der Waals surface area (Å²) < 4.78 is 50.8. The number of hydrogen-bond donors (Lipinski definition) is 0. The molecule has 0 amide bonds. The molecule has 1 fully saturated rings. The molecular weight excluding hydrogens is 371 g/mol. The second-order valence-corrected chi connectivity index (χ2v) is 8.33. The van der Waals surface area contributed by atoms with Crippen molar-refractivity contribution in [2.24, 2.45) is 0 Å². The van der Waals surface area contributed by atoms with Crippen LogP contribution in [-0.2, 0) is 9.84 Å². The van der Waals surface area contributed by atoms with Crippen LogP contribution >= 0.6 is 0 Å². The lowest BCUT2D eigenvalue weighted by Gasteiger charge is -2.19. The van der Waals surface area contributed by atoms with Gasteiger partial charge < -0.3 is 13.7 Å². The quantitative estimate of drug-likeness (QED) is 0.619. The minimum atomic E-state index is -3.97. The molecule has 8 heteroatoms. The fraction of sp³-hybridized carbons (Fsp3) is 0.316. The van der Waals surface area contributed by atoms with Crippen LogP contribution in [0.25, 0.3) is 11.7 Å². The first-order chi connectivity index (χ1) is 13.1. The minimum absolute atomic E-state index is 0.0285. The van der Waals surface area contributed by atoms with Gasteiger partial charge in [-0.15, -0.1) is 0 Å². The molecule has 1 aliphatic heterocycles. The van der Waals surface area contributed by atoms with Crippen molar-refractivity contribution < 1.29 is 21.6 Å². The van der Waals surface area contributed by atoms with Crippen LogP contribution in [0.4, 0.5) is 10.3 Å².